The first-order chi connectivity index (χ1) is 8.66. The molecule has 6 heteroatoms. The zero-order chi connectivity index (χ0) is 14.8. The third-order valence-corrected chi connectivity index (χ3v) is 4.08. The van der Waals surface area contributed by atoms with Gasteiger partial charge in [-0.1, -0.05) is 0 Å². The van der Waals surface area contributed by atoms with Crippen molar-refractivity contribution in [3.63, 3.8) is 0 Å². The molecule has 5 nitrogen and oxygen atoms in total. The summed E-state index contributed by atoms with van der Waals surface area (Å²) in [5.74, 6) is -0.937. The first-order valence-electron chi connectivity index (χ1n) is 6.73. The van der Waals surface area contributed by atoms with Gasteiger partial charge in [-0.2, -0.15) is 0 Å². The first kappa shape index (κ1) is 16.2. The predicted octanol–water partition coefficient (Wildman–Crippen LogP) is 1.32. The van der Waals surface area contributed by atoms with Crippen LogP contribution in [0.15, 0.2) is 0 Å². The molecule has 0 radical (unpaired) electrons. The van der Waals surface area contributed by atoms with Crippen LogP contribution in [0.25, 0.3) is 0 Å². The van der Waals surface area contributed by atoms with Crippen molar-refractivity contribution in [2.45, 2.75) is 57.8 Å². The van der Waals surface area contributed by atoms with E-state index in [4.69, 9.17) is 9.16 Å². The van der Waals surface area contributed by atoms with Crippen molar-refractivity contribution in [2.75, 3.05) is 13.7 Å². The van der Waals surface area contributed by atoms with Crippen LogP contribution in [0, 0.1) is 0 Å². The Labute approximate surface area is 117 Å². The number of esters is 1. The molecule has 1 aliphatic heterocycles. The van der Waals surface area contributed by atoms with Gasteiger partial charge < -0.3 is 9.16 Å². The summed E-state index contributed by atoms with van der Waals surface area (Å²) >= 11 is 0. The zero-order valence-corrected chi connectivity index (χ0v) is 13.9. The van der Waals surface area contributed by atoms with Gasteiger partial charge in [-0.05, 0) is 46.7 Å². The fraction of sp³-hybridized carbons (Fsp3) is 0.846. The van der Waals surface area contributed by atoms with E-state index in [0.717, 1.165) is 6.42 Å². The molecule has 0 aromatic rings. The topological polar surface area (TPSA) is 55.8 Å². The van der Waals surface area contributed by atoms with Crippen LogP contribution in [0.5, 0.6) is 0 Å². The van der Waals surface area contributed by atoms with Crippen molar-refractivity contribution >= 4 is 21.0 Å². The monoisotopic (exact) mass is 287 g/mol. The zero-order valence-electron chi connectivity index (χ0n) is 12.8. The van der Waals surface area contributed by atoms with Crippen LogP contribution < -0.4 is 0 Å². The Bertz CT molecular complexity index is 364. The van der Waals surface area contributed by atoms with E-state index in [-0.39, 0.29) is 5.54 Å². The molecule has 0 aromatic carbocycles. The van der Waals surface area contributed by atoms with Crippen LogP contribution >= 0.6 is 0 Å². The number of hydrogen-bond donors (Lipinski definition) is 0. The molecule has 0 aliphatic carbocycles. The maximum Gasteiger partial charge on any atom is 0.337 e. The van der Waals surface area contributed by atoms with E-state index in [1.807, 2.05) is 38.8 Å². The third-order valence-electron chi connectivity index (χ3n) is 3.39. The van der Waals surface area contributed by atoms with Gasteiger partial charge in [-0.3, -0.25) is 9.69 Å². The molecule has 1 rings (SSSR count). The Morgan fingerprint density at radius 3 is 2.21 bits per heavy atom. The van der Waals surface area contributed by atoms with Crippen molar-refractivity contribution in [1.82, 2.24) is 4.90 Å². The van der Waals surface area contributed by atoms with Crippen LogP contribution in [0.2, 0.25) is 13.1 Å². The number of methoxy groups -OCH3 is 1. The van der Waals surface area contributed by atoms with Gasteiger partial charge >= 0.3 is 11.9 Å². The van der Waals surface area contributed by atoms with Gasteiger partial charge in [-0.15, -0.1) is 0 Å². The molecule has 0 N–H and O–H groups in total. The predicted molar refractivity (Wildman–Crippen MR) is 75.4 cm³/mol. The number of carbonyl (C=O) groups is 2. The van der Waals surface area contributed by atoms with Crippen molar-refractivity contribution in [1.29, 1.82) is 0 Å². The van der Waals surface area contributed by atoms with Gasteiger partial charge in [0.2, 0.25) is 14.6 Å². The normalized spacial score (nSPS) is 24.6. The molecule has 1 heterocycles. The maximum atomic E-state index is 12.5. The standard InChI is InChI=1S/C13H25NO4Si/c1-12(2,3)14-9-7-8-13(14,10(15)17-4)11(16)18-19(5)6/h19H,7-9H2,1-6H3/t13-/m0/s1. The largest absolute Gasteiger partial charge is 0.521 e. The number of hydrogen-bond acceptors (Lipinski definition) is 5. The summed E-state index contributed by atoms with van der Waals surface area (Å²) in [5, 5.41) is 0. The van der Waals surface area contributed by atoms with E-state index in [1.165, 1.54) is 7.11 Å². The molecule has 110 valence electrons. The molecule has 19 heavy (non-hydrogen) atoms. The Balaban J connectivity index is 3.20. The average Bonchev–Trinajstić information content (AvgIpc) is 2.72. The van der Waals surface area contributed by atoms with Crippen molar-refractivity contribution in [3.8, 4) is 0 Å². The summed E-state index contributed by atoms with van der Waals surface area (Å²) in [4.78, 5) is 26.7. The SMILES string of the molecule is COC(=O)[C@]1(C(=O)O[SiH](C)C)CCCN1C(C)(C)C. The summed E-state index contributed by atoms with van der Waals surface area (Å²) in [5.41, 5.74) is -1.55. The van der Waals surface area contributed by atoms with E-state index < -0.39 is 26.5 Å². The molecule has 0 aromatic heterocycles. The van der Waals surface area contributed by atoms with E-state index in [2.05, 4.69) is 0 Å². The lowest BCUT2D eigenvalue weighted by Gasteiger charge is -2.42. The second-order valence-corrected chi connectivity index (χ2v) is 8.57. The Kier molecular flexibility index (Phi) is 4.79. The van der Waals surface area contributed by atoms with Crippen molar-refractivity contribution in [2.24, 2.45) is 0 Å². The smallest absolute Gasteiger partial charge is 0.337 e. The van der Waals surface area contributed by atoms with Gasteiger partial charge in [0, 0.05) is 12.1 Å². The highest BCUT2D eigenvalue weighted by Gasteiger charge is 2.58. The summed E-state index contributed by atoms with van der Waals surface area (Å²) in [6, 6.07) is 0. The molecule has 1 saturated heterocycles. The van der Waals surface area contributed by atoms with Gasteiger partial charge in [0.25, 0.3) is 0 Å². The molecular formula is C13H25NO4Si. The average molecular weight is 287 g/mol. The number of likely N-dealkylation sites (tertiary alicyclic amines) is 1. The second-order valence-electron chi connectivity index (χ2n) is 6.23. The lowest BCUT2D eigenvalue weighted by Crippen LogP contribution is -2.63. The summed E-state index contributed by atoms with van der Waals surface area (Å²) in [6.45, 7) is 10.5. The van der Waals surface area contributed by atoms with E-state index in [9.17, 15) is 9.59 Å². The van der Waals surface area contributed by atoms with Crippen LogP contribution in [-0.4, -0.2) is 50.6 Å². The van der Waals surface area contributed by atoms with Crippen LogP contribution in [0.4, 0.5) is 0 Å². The molecule has 1 fully saturated rings. The van der Waals surface area contributed by atoms with Crippen molar-refractivity contribution in [3.05, 3.63) is 0 Å². The summed E-state index contributed by atoms with van der Waals surface area (Å²) in [6.07, 6.45) is 1.26. The Hall–Kier alpha value is -0.883. The molecule has 0 amide bonds. The lowest BCUT2D eigenvalue weighted by molar-refractivity contribution is -0.170. The number of rotatable bonds is 3. The maximum absolute atomic E-state index is 12.5. The fourth-order valence-corrected chi connectivity index (χ4v) is 3.34. The Morgan fingerprint density at radius 1 is 1.21 bits per heavy atom. The lowest BCUT2D eigenvalue weighted by atomic mass is 9.92. The molecule has 0 unspecified atom stereocenters. The van der Waals surface area contributed by atoms with Gasteiger partial charge in [0.15, 0.2) is 0 Å². The van der Waals surface area contributed by atoms with E-state index in [1.54, 1.807) is 0 Å². The molecular weight excluding hydrogens is 262 g/mol. The van der Waals surface area contributed by atoms with E-state index in [0.29, 0.717) is 13.0 Å². The first-order valence-corrected chi connectivity index (χ1v) is 9.51. The van der Waals surface area contributed by atoms with Crippen LogP contribution in [0.3, 0.4) is 0 Å². The fourth-order valence-electron chi connectivity index (χ4n) is 2.72. The molecule has 0 bridgehead atoms. The van der Waals surface area contributed by atoms with Crippen LogP contribution in [-0.2, 0) is 18.8 Å². The van der Waals surface area contributed by atoms with Gasteiger partial charge in [0.05, 0.1) is 7.11 Å². The number of ether oxygens (including phenoxy) is 1. The minimum Gasteiger partial charge on any atom is -0.521 e. The summed E-state index contributed by atoms with van der Waals surface area (Å²) < 4.78 is 10.3. The molecule has 0 spiro atoms. The summed E-state index contributed by atoms with van der Waals surface area (Å²) in [7, 11) is -0.223. The highest BCUT2D eigenvalue weighted by atomic mass is 28.3. The number of nitrogens with zero attached hydrogens (tertiary/aromatic N) is 1. The highest BCUT2D eigenvalue weighted by molar-refractivity contribution is 6.51. The van der Waals surface area contributed by atoms with Gasteiger partial charge in [-0.25, -0.2) is 4.79 Å². The molecule has 0 saturated carbocycles. The van der Waals surface area contributed by atoms with Crippen molar-refractivity contribution < 1.29 is 18.8 Å². The quantitative estimate of drug-likeness (QED) is 0.445. The Morgan fingerprint density at radius 2 is 1.79 bits per heavy atom. The minimum absolute atomic E-state index is 0.289. The van der Waals surface area contributed by atoms with E-state index >= 15 is 0 Å². The highest BCUT2D eigenvalue weighted by Crippen LogP contribution is 2.37. The number of carbonyl (C=O) groups excluding carboxylic acids is 2. The minimum atomic E-state index is -1.55. The van der Waals surface area contributed by atoms with Gasteiger partial charge in [0.1, 0.15) is 0 Å². The third kappa shape index (κ3) is 3.00. The van der Waals surface area contributed by atoms with Crippen LogP contribution in [0.1, 0.15) is 33.6 Å². The molecule has 1 atom stereocenters. The molecule has 1 aliphatic rings. The second kappa shape index (κ2) is 5.62.